The minimum Gasteiger partial charge on any atom is -0.303 e. The molecule has 0 amide bonds. The van der Waals surface area contributed by atoms with Crippen LogP contribution in [-0.2, 0) is 0 Å². The Kier molecular flexibility index (Phi) is 5.00. The van der Waals surface area contributed by atoms with Gasteiger partial charge in [0.25, 0.3) is 0 Å². The molecule has 2 aromatic rings. The maximum absolute atomic E-state index is 6.05. The molecule has 0 radical (unpaired) electrons. The van der Waals surface area contributed by atoms with E-state index in [0.29, 0.717) is 6.04 Å². The van der Waals surface area contributed by atoms with E-state index in [1.54, 1.807) is 0 Å². The number of hydrogen-bond donors (Lipinski definition) is 1. The molecule has 2 atom stereocenters. The third-order valence-corrected chi connectivity index (χ3v) is 3.65. The van der Waals surface area contributed by atoms with E-state index in [0.717, 1.165) is 11.4 Å². The van der Waals surface area contributed by atoms with E-state index in [4.69, 9.17) is 11.6 Å². The number of nitrogens with one attached hydrogen (secondary N) is 1. The molecule has 2 rings (SSSR count). The summed E-state index contributed by atoms with van der Waals surface area (Å²) in [6.45, 7) is 4.38. The minimum absolute atomic E-state index is 0.281. The average Bonchev–Trinajstić information content (AvgIpc) is 2.45. The van der Waals surface area contributed by atoms with Crippen LogP contribution in [0, 0.1) is 0 Å². The van der Waals surface area contributed by atoms with E-state index in [1.807, 2.05) is 18.2 Å². The third-order valence-electron chi connectivity index (χ3n) is 3.41. The monoisotopic (exact) mass is 273 g/mol. The molecule has 0 heterocycles. The number of halogens is 1. The normalized spacial score (nSPS) is 14.1. The van der Waals surface area contributed by atoms with Crippen LogP contribution < -0.4 is 5.32 Å². The van der Waals surface area contributed by atoms with Gasteiger partial charge >= 0.3 is 0 Å². The fourth-order valence-corrected chi connectivity index (χ4v) is 2.51. The quantitative estimate of drug-likeness (QED) is 0.795. The highest BCUT2D eigenvalue weighted by Crippen LogP contribution is 2.23. The number of benzene rings is 2. The second-order valence-corrected chi connectivity index (χ2v) is 5.25. The minimum atomic E-state index is 0.281. The van der Waals surface area contributed by atoms with Crippen molar-refractivity contribution < 1.29 is 0 Å². The standard InChI is InChI=1S/C17H20ClN/c1-3-17(14-8-5-4-6-9-14)19-13(2)15-10-7-11-16(18)12-15/h4-13,17,19H,3H2,1-2H3. The van der Waals surface area contributed by atoms with Gasteiger partial charge in [-0.2, -0.15) is 0 Å². The summed E-state index contributed by atoms with van der Waals surface area (Å²) in [5.41, 5.74) is 2.56. The molecule has 2 heteroatoms. The summed E-state index contributed by atoms with van der Waals surface area (Å²) >= 11 is 6.05. The van der Waals surface area contributed by atoms with E-state index in [-0.39, 0.29) is 6.04 Å². The molecule has 0 aliphatic carbocycles. The molecule has 0 aromatic heterocycles. The predicted octanol–water partition coefficient (Wildman–Crippen LogP) is 5.14. The Morgan fingerprint density at radius 3 is 2.32 bits per heavy atom. The van der Waals surface area contributed by atoms with Gasteiger partial charge in [-0.05, 0) is 36.6 Å². The lowest BCUT2D eigenvalue weighted by Gasteiger charge is -2.23. The first-order valence-electron chi connectivity index (χ1n) is 6.77. The summed E-state index contributed by atoms with van der Waals surface area (Å²) in [4.78, 5) is 0. The lowest BCUT2D eigenvalue weighted by Crippen LogP contribution is -2.24. The molecule has 2 aromatic carbocycles. The lowest BCUT2D eigenvalue weighted by atomic mass is 10.0. The Labute approximate surface area is 120 Å². The van der Waals surface area contributed by atoms with Crippen LogP contribution in [-0.4, -0.2) is 0 Å². The van der Waals surface area contributed by atoms with Crippen LogP contribution in [0.2, 0.25) is 5.02 Å². The maximum Gasteiger partial charge on any atom is 0.0409 e. The maximum atomic E-state index is 6.05. The fourth-order valence-electron chi connectivity index (χ4n) is 2.31. The summed E-state index contributed by atoms with van der Waals surface area (Å²) in [7, 11) is 0. The van der Waals surface area contributed by atoms with E-state index >= 15 is 0 Å². The number of hydrogen-bond acceptors (Lipinski definition) is 1. The summed E-state index contributed by atoms with van der Waals surface area (Å²) in [5, 5.41) is 4.46. The molecule has 0 spiro atoms. The first-order valence-corrected chi connectivity index (χ1v) is 7.15. The van der Waals surface area contributed by atoms with Gasteiger partial charge in [0.15, 0.2) is 0 Å². The van der Waals surface area contributed by atoms with Crippen molar-refractivity contribution in [3.8, 4) is 0 Å². The van der Waals surface area contributed by atoms with Crippen LogP contribution in [0.1, 0.15) is 43.5 Å². The molecule has 1 N–H and O–H groups in total. The van der Waals surface area contributed by atoms with Crippen molar-refractivity contribution in [1.82, 2.24) is 5.32 Å². The van der Waals surface area contributed by atoms with Crippen molar-refractivity contribution in [2.24, 2.45) is 0 Å². The largest absolute Gasteiger partial charge is 0.303 e. The Hall–Kier alpha value is -1.31. The van der Waals surface area contributed by atoms with Crippen LogP contribution in [0.15, 0.2) is 54.6 Å². The van der Waals surface area contributed by atoms with Crippen LogP contribution in [0.25, 0.3) is 0 Å². The first-order chi connectivity index (χ1) is 9.20. The van der Waals surface area contributed by atoms with Gasteiger partial charge in [0.2, 0.25) is 0 Å². The SMILES string of the molecule is CCC(NC(C)c1cccc(Cl)c1)c1ccccc1. The van der Waals surface area contributed by atoms with Gasteiger partial charge in [-0.3, -0.25) is 0 Å². The molecule has 0 saturated carbocycles. The molecule has 1 nitrogen and oxygen atoms in total. The second-order valence-electron chi connectivity index (χ2n) is 4.81. The summed E-state index contributed by atoms with van der Waals surface area (Å²) < 4.78 is 0. The first kappa shape index (κ1) is 14.1. The lowest BCUT2D eigenvalue weighted by molar-refractivity contribution is 0.456. The van der Waals surface area contributed by atoms with Crippen LogP contribution >= 0.6 is 11.6 Å². The Morgan fingerprint density at radius 1 is 1.00 bits per heavy atom. The smallest absolute Gasteiger partial charge is 0.0409 e. The zero-order chi connectivity index (χ0) is 13.7. The molecule has 0 fully saturated rings. The van der Waals surface area contributed by atoms with Gasteiger partial charge in [-0.25, -0.2) is 0 Å². The van der Waals surface area contributed by atoms with E-state index < -0.39 is 0 Å². The Balaban J connectivity index is 2.10. The van der Waals surface area contributed by atoms with Crippen molar-refractivity contribution in [2.45, 2.75) is 32.4 Å². The van der Waals surface area contributed by atoms with Crippen LogP contribution in [0.4, 0.5) is 0 Å². The molecule has 0 bridgehead atoms. The zero-order valence-corrected chi connectivity index (χ0v) is 12.2. The fraction of sp³-hybridized carbons (Fsp3) is 0.294. The van der Waals surface area contributed by atoms with Gasteiger partial charge in [0.1, 0.15) is 0 Å². The molecule has 19 heavy (non-hydrogen) atoms. The van der Waals surface area contributed by atoms with Crippen LogP contribution in [0.5, 0.6) is 0 Å². The molecular weight excluding hydrogens is 254 g/mol. The topological polar surface area (TPSA) is 12.0 Å². The molecule has 0 aliphatic heterocycles. The Bertz CT molecular complexity index is 510. The second kappa shape index (κ2) is 6.74. The zero-order valence-electron chi connectivity index (χ0n) is 11.4. The van der Waals surface area contributed by atoms with Crippen molar-refractivity contribution in [2.75, 3.05) is 0 Å². The third kappa shape index (κ3) is 3.82. The summed E-state index contributed by atoms with van der Waals surface area (Å²) in [6, 6.07) is 19.3. The van der Waals surface area contributed by atoms with Crippen molar-refractivity contribution >= 4 is 11.6 Å². The Morgan fingerprint density at radius 2 is 1.68 bits per heavy atom. The predicted molar refractivity (Wildman–Crippen MR) is 82.5 cm³/mol. The molecule has 2 unspecified atom stereocenters. The molecular formula is C17H20ClN. The van der Waals surface area contributed by atoms with Gasteiger partial charge in [-0.15, -0.1) is 0 Å². The molecule has 100 valence electrons. The van der Waals surface area contributed by atoms with Crippen molar-refractivity contribution in [3.05, 3.63) is 70.7 Å². The summed E-state index contributed by atoms with van der Waals surface area (Å²) in [5.74, 6) is 0. The molecule has 0 aliphatic rings. The van der Waals surface area contributed by atoms with Gasteiger partial charge < -0.3 is 5.32 Å². The summed E-state index contributed by atoms with van der Waals surface area (Å²) in [6.07, 6.45) is 1.06. The average molecular weight is 274 g/mol. The highest BCUT2D eigenvalue weighted by Gasteiger charge is 2.13. The van der Waals surface area contributed by atoms with E-state index in [9.17, 15) is 0 Å². The molecule has 0 saturated heterocycles. The number of rotatable bonds is 5. The van der Waals surface area contributed by atoms with Crippen molar-refractivity contribution in [1.29, 1.82) is 0 Å². The van der Waals surface area contributed by atoms with Gasteiger partial charge in [0.05, 0.1) is 0 Å². The van der Waals surface area contributed by atoms with Gasteiger partial charge in [0, 0.05) is 17.1 Å². The highest BCUT2D eigenvalue weighted by atomic mass is 35.5. The van der Waals surface area contributed by atoms with E-state index in [1.165, 1.54) is 11.1 Å². The van der Waals surface area contributed by atoms with E-state index in [2.05, 4.69) is 55.6 Å². The van der Waals surface area contributed by atoms with Gasteiger partial charge in [-0.1, -0.05) is 61.0 Å². The van der Waals surface area contributed by atoms with Crippen molar-refractivity contribution in [3.63, 3.8) is 0 Å². The van der Waals surface area contributed by atoms with Crippen LogP contribution in [0.3, 0.4) is 0 Å². The highest BCUT2D eigenvalue weighted by molar-refractivity contribution is 6.30.